The summed E-state index contributed by atoms with van der Waals surface area (Å²) in [6, 6.07) is 12.1. The van der Waals surface area contributed by atoms with Gasteiger partial charge in [0.1, 0.15) is 36.3 Å². The van der Waals surface area contributed by atoms with E-state index in [4.69, 9.17) is 28.4 Å². The topological polar surface area (TPSA) is 92.8 Å². The Hall–Kier alpha value is -3.72. The lowest BCUT2D eigenvalue weighted by Gasteiger charge is -2.48. The number of carbonyl (C=O) groups is 2. The van der Waals surface area contributed by atoms with Gasteiger partial charge in [-0.1, -0.05) is 0 Å². The van der Waals surface area contributed by atoms with E-state index in [1.54, 1.807) is 38.5 Å². The maximum Gasteiger partial charge on any atom is 0.337 e. The Bertz CT molecular complexity index is 1160. The summed E-state index contributed by atoms with van der Waals surface area (Å²) in [5.41, 5.74) is 1.30. The SMILES string of the molecule is COC(=O)c1ccc(OC2=COC3C(CCC4OCN(c5ccc(OC)cc5OC)CC43)C2=O)cc1. The van der Waals surface area contributed by atoms with Crippen molar-refractivity contribution in [2.24, 2.45) is 11.8 Å². The average molecular weight is 496 g/mol. The van der Waals surface area contributed by atoms with E-state index in [0.29, 0.717) is 42.5 Å². The number of carbonyl (C=O) groups excluding carboxylic acids is 2. The van der Waals surface area contributed by atoms with Crippen LogP contribution in [-0.4, -0.2) is 58.6 Å². The summed E-state index contributed by atoms with van der Waals surface area (Å²) in [6.45, 7) is 1.10. The van der Waals surface area contributed by atoms with Gasteiger partial charge < -0.3 is 33.3 Å². The van der Waals surface area contributed by atoms with Crippen molar-refractivity contribution in [2.75, 3.05) is 39.5 Å². The third-order valence-corrected chi connectivity index (χ3v) is 7.08. The molecule has 0 spiro atoms. The fourth-order valence-electron chi connectivity index (χ4n) is 5.20. The first-order valence-electron chi connectivity index (χ1n) is 11.9. The van der Waals surface area contributed by atoms with Gasteiger partial charge in [-0.05, 0) is 49.2 Å². The van der Waals surface area contributed by atoms with Gasteiger partial charge in [0.05, 0.1) is 44.6 Å². The molecular weight excluding hydrogens is 466 g/mol. The number of anilines is 1. The van der Waals surface area contributed by atoms with Crippen LogP contribution in [0, 0.1) is 11.8 Å². The first-order chi connectivity index (χ1) is 17.5. The minimum absolute atomic E-state index is 0.00500. The number of hydrogen-bond acceptors (Lipinski definition) is 9. The zero-order valence-corrected chi connectivity index (χ0v) is 20.5. The van der Waals surface area contributed by atoms with Crippen molar-refractivity contribution in [3.63, 3.8) is 0 Å². The Morgan fingerprint density at radius 1 is 1.00 bits per heavy atom. The molecule has 4 atom stereocenters. The number of ketones is 1. The highest BCUT2D eigenvalue weighted by molar-refractivity contribution is 5.96. The number of methoxy groups -OCH3 is 3. The van der Waals surface area contributed by atoms with Crippen LogP contribution in [0.2, 0.25) is 0 Å². The predicted octanol–water partition coefficient (Wildman–Crippen LogP) is 3.57. The second-order valence-corrected chi connectivity index (χ2v) is 9.01. The second kappa shape index (κ2) is 10.1. The van der Waals surface area contributed by atoms with E-state index >= 15 is 0 Å². The molecule has 4 unspecified atom stereocenters. The Balaban J connectivity index is 1.31. The van der Waals surface area contributed by atoms with Crippen LogP contribution in [0.4, 0.5) is 5.69 Å². The number of nitrogens with zero attached hydrogens (tertiary/aromatic N) is 1. The molecule has 0 radical (unpaired) electrons. The molecule has 0 aromatic heterocycles. The zero-order chi connectivity index (χ0) is 25.2. The predicted molar refractivity (Wildman–Crippen MR) is 129 cm³/mol. The molecule has 1 saturated carbocycles. The lowest BCUT2D eigenvalue weighted by atomic mass is 9.73. The third-order valence-electron chi connectivity index (χ3n) is 7.08. The molecule has 1 aliphatic carbocycles. The summed E-state index contributed by atoms with van der Waals surface area (Å²) in [4.78, 5) is 27.1. The molecule has 2 aromatic rings. The first kappa shape index (κ1) is 24.0. The fraction of sp³-hybridized carbons (Fsp3) is 0.407. The molecule has 190 valence electrons. The normalized spacial score (nSPS) is 25.0. The summed E-state index contributed by atoms with van der Waals surface area (Å²) in [5.74, 6) is 1.17. The van der Waals surface area contributed by atoms with Crippen LogP contribution in [0.15, 0.2) is 54.5 Å². The molecule has 9 heteroatoms. The molecule has 2 aliphatic heterocycles. The van der Waals surface area contributed by atoms with E-state index in [0.717, 1.165) is 12.1 Å². The summed E-state index contributed by atoms with van der Waals surface area (Å²) in [6.07, 6.45) is 2.56. The number of esters is 1. The highest BCUT2D eigenvalue weighted by Crippen LogP contribution is 2.43. The summed E-state index contributed by atoms with van der Waals surface area (Å²) in [5, 5.41) is 0. The highest BCUT2D eigenvalue weighted by Gasteiger charge is 2.49. The van der Waals surface area contributed by atoms with E-state index in [9.17, 15) is 9.59 Å². The molecule has 0 bridgehead atoms. The standard InChI is InChI=1S/C27H29NO8/c1-31-18-8-10-21(23(12-18)32-2)28-13-20-22(35-15-28)11-9-19-25(29)24(14-34-26(19)20)36-17-6-4-16(5-7-17)27(30)33-3/h4-8,10,12,14,19-20,22,26H,9,11,13,15H2,1-3H3. The summed E-state index contributed by atoms with van der Waals surface area (Å²) < 4.78 is 33.8. The number of benzene rings is 2. The van der Waals surface area contributed by atoms with Gasteiger partial charge in [-0.2, -0.15) is 0 Å². The average Bonchev–Trinajstić information content (AvgIpc) is 2.93. The van der Waals surface area contributed by atoms with Gasteiger partial charge in [0.2, 0.25) is 11.5 Å². The minimum atomic E-state index is -0.437. The number of allylic oxidation sites excluding steroid dienone is 1. The number of Topliss-reactive ketones (excluding diaryl/α,β-unsaturated/α-hetero) is 1. The number of rotatable bonds is 6. The van der Waals surface area contributed by atoms with Gasteiger partial charge in [-0.15, -0.1) is 0 Å². The van der Waals surface area contributed by atoms with Crippen molar-refractivity contribution in [3.05, 3.63) is 60.0 Å². The van der Waals surface area contributed by atoms with Gasteiger partial charge in [0.25, 0.3) is 0 Å². The van der Waals surface area contributed by atoms with Crippen LogP contribution in [0.5, 0.6) is 17.2 Å². The molecular formula is C27H29NO8. The zero-order valence-electron chi connectivity index (χ0n) is 20.5. The molecule has 9 nitrogen and oxygen atoms in total. The van der Waals surface area contributed by atoms with Gasteiger partial charge in [-0.25, -0.2) is 4.79 Å². The number of ether oxygens (including phenoxy) is 6. The van der Waals surface area contributed by atoms with Crippen LogP contribution >= 0.6 is 0 Å². The largest absolute Gasteiger partial charge is 0.497 e. The first-order valence-corrected chi connectivity index (χ1v) is 11.9. The molecule has 3 aliphatic rings. The van der Waals surface area contributed by atoms with Crippen LogP contribution in [-0.2, 0) is 19.0 Å². The van der Waals surface area contributed by atoms with Crippen LogP contribution < -0.4 is 19.1 Å². The third kappa shape index (κ3) is 4.46. The number of hydrogen-bond donors (Lipinski definition) is 0. The maximum absolute atomic E-state index is 13.3. The van der Waals surface area contributed by atoms with Crippen molar-refractivity contribution >= 4 is 17.4 Å². The molecule has 0 amide bonds. The van der Waals surface area contributed by atoms with Crippen molar-refractivity contribution < 1.29 is 38.0 Å². The van der Waals surface area contributed by atoms with Crippen molar-refractivity contribution in [2.45, 2.75) is 25.0 Å². The van der Waals surface area contributed by atoms with Gasteiger partial charge in [0.15, 0.2) is 0 Å². The molecule has 2 fully saturated rings. The minimum Gasteiger partial charge on any atom is -0.497 e. The highest BCUT2D eigenvalue weighted by atomic mass is 16.5. The summed E-state index contributed by atoms with van der Waals surface area (Å²) in [7, 11) is 4.57. The second-order valence-electron chi connectivity index (χ2n) is 9.01. The molecule has 2 aromatic carbocycles. The lowest BCUT2D eigenvalue weighted by Crippen LogP contribution is -2.57. The Morgan fingerprint density at radius 2 is 1.78 bits per heavy atom. The Labute approximate surface area is 209 Å². The van der Waals surface area contributed by atoms with Crippen LogP contribution in [0.25, 0.3) is 0 Å². The van der Waals surface area contributed by atoms with E-state index in [1.807, 2.05) is 18.2 Å². The molecule has 0 N–H and O–H groups in total. The Kier molecular flexibility index (Phi) is 6.73. The molecule has 2 heterocycles. The van der Waals surface area contributed by atoms with Crippen molar-refractivity contribution in [1.29, 1.82) is 0 Å². The smallest absolute Gasteiger partial charge is 0.337 e. The lowest BCUT2D eigenvalue weighted by molar-refractivity contribution is -0.146. The maximum atomic E-state index is 13.3. The number of fused-ring (bicyclic) bond motifs is 3. The van der Waals surface area contributed by atoms with Crippen molar-refractivity contribution in [3.8, 4) is 17.2 Å². The van der Waals surface area contributed by atoms with E-state index in [1.165, 1.54) is 13.4 Å². The Morgan fingerprint density at radius 3 is 2.50 bits per heavy atom. The fourth-order valence-corrected chi connectivity index (χ4v) is 5.20. The van der Waals surface area contributed by atoms with Crippen LogP contribution in [0.3, 0.4) is 0 Å². The van der Waals surface area contributed by atoms with Gasteiger partial charge in [-0.3, -0.25) is 4.79 Å². The molecule has 1 saturated heterocycles. The van der Waals surface area contributed by atoms with Crippen molar-refractivity contribution in [1.82, 2.24) is 0 Å². The summed E-state index contributed by atoms with van der Waals surface area (Å²) >= 11 is 0. The van der Waals surface area contributed by atoms with E-state index in [-0.39, 0.29) is 35.6 Å². The monoisotopic (exact) mass is 495 g/mol. The van der Waals surface area contributed by atoms with Gasteiger partial charge in [0, 0.05) is 18.5 Å². The molecule has 36 heavy (non-hydrogen) atoms. The molecule has 5 rings (SSSR count). The van der Waals surface area contributed by atoms with E-state index < -0.39 is 5.97 Å². The van der Waals surface area contributed by atoms with Gasteiger partial charge >= 0.3 is 5.97 Å². The van der Waals surface area contributed by atoms with Crippen LogP contribution in [0.1, 0.15) is 23.2 Å². The van der Waals surface area contributed by atoms with E-state index in [2.05, 4.69) is 4.90 Å². The quantitative estimate of drug-likeness (QED) is 0.558.